The maximum Gasteiger partial charge on any atom is 0.270 e. The first-order chi connectivity index (χ1) is 20.5. The molecule has 220 valence electrons. The maximum absolute atomic E-state index is 13.3. The highest BCUT2D eigenvalue weighted by atomic mass is 16.5. The molecule has 1 amide bonds. The molecule has 0 unspecified atom stereocenters. The normalized spacial score (nSPS) is 14.7. The SMILES string of the molecule is CCN(CC)CCOCCC1CCN(C(=O)c2cc3cc(N=c4nc(-c5ccccn5)cccc4C)ccc3[nH]2)CC1. The van der Waals surface area contributed by atoms with Crippen molar-refractivity contribution in [2.45, 2.75) is 40.0 Å². The van der Waals surface area contributed by atoms with Crippen LogP contribution in [0.15, 0.2) is 71.9 Å². The van der Waals surface area contributed by atoms with Gasteiger partial charge in [0.05, 0.1) is 23.7 Å². The number of amides is 1. The van der Waals surface area contributed by atoms with Crippen LogP contribution in [0.1, 0.15) is 49.2 Å². The third kappa shape index (κ3) is 7.49. The topological polar surface area (TPSA) is 86.7 Å². The lowest BCUT2D eigenvalue weighted by molar-refractivity contribution is 0.0628. The first-order valence-electron chi connectivity index (χ1n) is 15.2. The molecule has 0 bridgehead atoms. The second-order valence-corrected chi connectivity index (χ2v) is 11.0. The first kappa shape index (κ1) is 29.6. The van der Waals surface area contributed by atoms with E-state index < -0.39 is 0 Å². The third-order valence-electron chi connectivity index (χ3n) is 8.19. The summed E-state index contributed by atoms with van der Waals surface area (Å²) in [6, 6.07) is 19.6. The lowest BCUT2D eigenvalue weighted by Crippen LogP contribution is -2.38. The van der Waals surface area contributed by atoms with Crippen molar-refractivity contribution in [2.24, 2.45) is 10.9 Å². The number of nitrogens with one attached hydrogen (secondary N) is 1. The molecule has 1 N–H and O–H groups in total. The van der Waals surface area contributed by atoms with Crippen LogP contribution in [0.4, 0.5) is 5.69 Å². The molecule has 0 saturated carbocycles. The van der Waals surface area contributed by atoms with Gasteiger partial charge in [0.2, 0.25) is 0 Å². The molecule has 8 heteroatoms. The van der Waals surface area contributed by atoms with E-state index in [9.17, 15) is 4.79 Å². The van der Waals surface area contributed by atoms with Crippen molar-refractivity contribution in [3.8, 4) is 11.4 Å². The Morgan fingerprint density at radius 1 is 1.02 bits per heavy atom. The lowest BCUT2D eigenvalue weighted by atomic mass is 9.94. The monoisotopic (exact) mass is 566 g/mol. The number of carbonyl (C=O) groups is 1. The number of likely N-dealkylation sites (N-methyl/N-ethyl adjacent to an activating group) is 1. The number of likely N-dealkylation sites (tertiary alicyclic amines) is 1. The van der Waals surface area contributed by atoms with Gasteiger partial charge in [-0.1, -0.05) is 32.0 Å². The summed E-state index contributed by atoms with van der Waals surface area (Å²) in [6.07, 6.45) is 4.88. The van der Waals surface area contributed by atoms with Crippen molar-refractivity contribution >= 4 is 22.5 Å². The number of H-pyrrole nitrogens is 1. The Labute approximate surface area is 248 Å². The Balaban J connectivity index is 1.21. The molecule has 1 fully saturated rings. The van der Waals surface area contributed by atoms with Crippen molar-refractivity contribution in [3.63, 3.8) is 0 Å². The number of aromatic nitrogens is 3. The summed E-state index contributed by atoms with van der Waals surface area (Å²) in [5, 5.41) is 0.958. The number of carbonyl (C=O) groups excluding carboxylic acids is 1. The number of aromatic amines is 1. The number of nitrogens with zero attached hydrogens (tertiary/aromatic N) is 5. The molecule has 0 radical (unpaired) electrons. The molecule has 1 aliphatic heterocycles. The van der Waals surface area contributed by atoms with Gasteiger partial charge in [-0.05, 0) is 93.2 Å². The summed E-state index contributed by atoms with van der Waals surface area (Å²) in [6.45, 7) is 12.7. The van der Waals surface area contributed by atoms with Crippen LogP contribution in [-0.2, 0) is 4.74 Å². The molecular formula is C34H42N6O2. The van der Waals surface area contributed by atoms with Gasteiger partial charge in [-0.2, -0.15) is 0 Å². The highest BCUT2D eigenvalue weighted by Crippen LogP contribution is 2.25. The van der Waals surface area contributed by atoms with Crippen LogP contribution in [-0.4, -0.2) is 76.6 Å². The average molecular weight is 567 g/mol. The van der Waals surface area contributed by atoms with Crippen molar-refractivity contribution in [3.05, 3.63) is 83.6 Å². The number of fused-ring (bicyclic) bond motifs is 1. The van der Waals surface area contributed by atoms with E-state index in [1.807, 2.05) is 72.5 Å². The quantitative estimate of drug-likeness (QED) is 0.233. The second-order valence-electron chi connectivity index (χ2n) is 11.0. The Kier molecular flexibility index (Phi) is 10.1. The number of ether oxygens (including phenoxy) is 1. The fourth-order valence-corrected chi connectivity index (χ4v) is 5.48. The number of rotatable bonds is 11. The summed E-state index contributed by atoms with van der Waals surface area (Å²) >= 11 is 0. The van der Waals surface area contributed by atoms with Gasteiger partial charge in [0.1, 0.15) is 5.69 Å². The predicted octanol–water partition coefficient (Wildman–Crippen LogP) is 5.77. The van der Waals surface area contributed by atoms with Gasteiger partial charge in [0, 0.05) is 43.3 Å². The molecule has 1 aliphatic rings. The first-order valence-corrected chi connectivity index (χ1v) is 15.2. The van der Waals surface area contributed by atoms with Crippen molar-refractivity contribution in [2.75, 3.05) is 45.9 Å². The number of piperidine rings is 1. The summed E-state index contributed by atoms with van der Waals surface area (Å²) in [5.41, 5.74) is 5.52. The van der Waals surface area contributed by atoms with Gasteiger partial charge in [-0.25, -0.2) is 9.98 Å². The van der Waals surface area contributed by atoms with E-state index in [0.29, 0.717) is 17.1 Å². The molecule has 0 aliphatic carbocycles. The minimum atomic E-state index is 0.0613. The van der Waals surface area contributed by atoms with Gasteiger partial charge >= 0.3 is 0 Å². The number of pyridine rings is 1. The standard InChI is InChI=1S/C34H42N6O2/c1-4-39(5-2)20-22-42-21-16-26-14-18-40(19-15-26)34(41)32-24-27-23-28(12-13-29(27)37-32)36-33-25(3)9-8-11-31(38-33)30-10-6-7-17-35-30/h6-13,17,23-24,26,37H,4-5,14-16,18-22H2,1-3H3. The number of aryl methyl sites for hydroxylation is 1. The highest BCUT2D eigenvalue weighted by molar-refractivity contribution is 5.98. The van der Waals surface area contributed by atoms with E-state index in [0.717, 1.165) is 98.7 Å². The molecule has 0 spiro atoms. The van der Waals surface area contributed by atoms with E-state index in [4.69, 9.17) is 14.7 Å². The van der Waals surface area contributed by atoms with E-state index >= 15 is 0 Å². The minimum Gasteiger partial charge on any atom is -0.380 e. The molecule has 1 saturated heterocycles. The van der Waals surface area contributed by atoms with E-state index in [1.165, 1.54) is 0 Å². The van der Waals surface area contributed by atoms with Gasteiger partial charge in [0.15, 0.2) is 5.49 Å². The van der Waals surface area contributed by atoms with Crippen LogP contribution in [0, 0.1) is 12.8 Å². The Morgan fingerprint density at radius 3 is 2.60 bits per heavy atom. The Morgan fingerprint density at radius 2 is 1.83 bits per heavy atom. The van der Waals surface area contributed by atoms with Gasteiger partial charge in [-0.3, -0.25) is 9.78 Å². The summed E-state index contributed by atoms with van der Waals surface area (Å²) in [4.78, 5) is 35.1. The zero-order valence-corrected chi connectivity index (χ0v) is 25.1. The fourth-order valence-electron chi connectivity index (χ4n) is 5.48. The summed E-state index contributed by atoms with van der Waals surface area (Å²) < 4.78 is 5.89. The molecule has 8 nitrogen and oxygen atoms in total. The van der Waals surface area contributed by atoms with Gasteiger partial charge in [-0.15, -0.1) is 0 Å². The highest BCUT2D eigenvalue weighted by Gasteiger charge is 2.24. The van der Waals surface area contributed by atoms with Gasteiger partial charge < -0.3 is 19.5 Å². The predicted molar refractivity (Wildman–Crippen MR) is 168 cm³/mol. The fraction of sp³-hybridized carbons (Fsp3) is 0.412. The molecule has 1 aromatic carbocycles. The summed E-state index contributed by atoms with van der Waals surface area (Å²) in [7, 11) is 0. The number of benzene rings is 1. The summed E-state index contributed by atoms with van der Waals surface area (Å²) in [5.74, 6) is 0.677. The zero-order valence-electron chi connectivity index (χ0n) is 25.1. The Bertz CT molecular complexity index is 1540. The average Bonchev–Trinajstić information content (AvgIpc) is 3.37. The van der Waals surface area contributed by atoms with E-state index in [2.05, 4.69) is 28.7 Å². The van der Waals surface area contributed by atoms with E-state index in [1.54, 1.807) is 6.20 Å². The second kappa shape index (κ2) is 14.3. The number of hydrogen-bond acceptors (Lipinski definition) is 6. The van der Waals surface area contributed by atoms with Crippen molar-refractivity contribution < 1.29 is 9.53 Å². The van der Waals surface area contributed by atoms with Crippen LogP contribution >= 0.6 is 0 Å². The minimum absolute atomic E-state index is 0.0613. The molecule has 5 rings (SSSR count). The van der Waals surface area contributed by atoms with Crippen molar-refractivity contribution in [1.82, 2.24) is 24.8 Å². The van der Waals surface area contributed by atoms with Crippen LogP contribution < -0.4 is 5.49 Å². The molecule has 4 aromatic rings. The molecule has 4 heterocycles. The molecule has 3 aromatic heterocycles. The lowest BCUT2D eigenvalue weighted by Gasteiger charge is -2.31. The zero-order chi connectivity index (χ0) is 29.3. The smallest absolute Gasteiger partial charge is 0.270 e. The van der Waals surface area contributed by atoms with E-state index in [-0.39, 0.29) is 5.91 Å². The number of hydrogen-bond donors (Lipinski definition) is 1. The van der Waals surface area contributed by atoms with Gasteiger partial charge in [0.25, 0.3) is 5.91 Å². The largest absolute Gasteiger partial charge is 0.380 e. The van der Waals surface area contributed by atoms with Crippen LogP contribution in [0.25, 0.3) is 22.3 Å². The van der Waals surface area contributed by atoms with Crippen molar-refractivity contribution in [1.29, 1.82) is 0 Å². The molecule has 0 atom stereocenters. The van der Waals surface area contributed by atoms with Crippen LogP contribution in [0.2, 0.25) is 0 Å². The van der Waals surface area contributed by atoms with Crippen LogP contribution in [0.3, 0.4) is 0 Å². The molecular weight excluding hydrogens is 524 g/mol. The Hall–Kier alpha value is -3.88. The molecule has 42 heavy (non-hydrogen) atoms. The maximum atomic E-state index is 13.3. The third-order valence-corrected chi connectivity index (χ3v) is 8.19. The van der Waals surface area contributed by atoms with Crippen LogP contribution in [0.5, 0.6) is 0 Å².